The highest BCUT2D eigenvalue weighted by Gasteiger charge is 2.22. The van der Waals surface area contributed by atoms with Gasteiger partial charge in [0.2, 0.25) is 0 Å². The van der Waals surface area contributed by atoms with Gasteiger partial charge in [0.1, 0.15) is 11.9 Å². The van der Waals surface area contributed by atoms with Gasteiger partial charge in [0.25, 0.3) is 0 Å². The van der Waals surface area contributed by atoms with Gasteiger partial charge in [-0.2, -0.15) is 0 Å². The Hall–Kier alpha value is -1.06. The molecule has 0 bridgehead atoms. The highest BCUT2D eigenvalue weighted by molar-refractivity contribution is 5.28. The minimum atomic E-state index is 0.0756. The maximum absolute atomic E-state index is 6.00. The Morgan fingerprint density at radius 1 is 1.17 bits per heavy atom. The number of hydrogen-bond acceptors (Lipinski definition) is 3. The molecule has 1 saturated carbocycles. The van der Waals surface area contributed by atoms with Gasteiger partial charge >= 0.3 is 0 Å². The van der Waals surface area contributed by atoms with Crippen LogP contribution in [0.1, 0.15) is 44.2 Å². The van der Waals surface area contributed by atoms with Gasteiger partial charge < -0.3 is 15.2 Å². The van der Waals surface area contributed by atoms with E-state index >= 15 is 0 Å². The van der Waals surface area contributed by atoms with Crippen LogP contribution in [0.3, 0.4) is 0 Å². The lowest BCUT2D eigenvalue weighted by atomic mass is 9.95. The zero-order chi connectivity index (χ0) is 13.0. The molecular formula is C15H23NO2. The summed E-state index contributed by atoms with van der Waals surface area (Å²) in [4.78, 5) is 0. The van der Waals surface area contributed by atoms with E-state index in [2.05, 4.69) is 0 Å². The van der Waals surface area contributed by atoms with Crippen molar-refractivity contribution in [2.75, 3.05) is 7.11 Å². The molecule has 0 radical (unpaired) electrons. The van der Waals surface area contributed by atoms with Crippen molar-refractivity contribution < 1.29 is 9.47 Å². The molecule has 1 aliphatic carbocycles. The van der Waals surface area contributed by atoms with Crippen LogP contribution in [0.25, 0.3) is 0 Å². The third-order valence-electron chi connectivity index (χ3n) is 3.62. The van der Waals surface area contributed by atoms with E-state index in [-0.39, 0.29) is 12.1 Å². The molecule has 18 heavy (non-hydrogen) atoms. The largest absolute Gasteiger partial charge is 0.490 e. The summed E-state index contributed by atoms with van der Waals surface area (Å²) in [6.45, 7) is 1.99. The summed E-state index contributed by atoms with van der Waals surface area (Å²) in [5.74, 6) is 0.932. The first-order chi connectivity index (χ1) is 8.69. The van der Waals surface area contributed by atoms with Gasteiger partial charge in [-0.25, -0.2) is 0 Å². The van der Waals surface area contributed by atoms with Crippen LogP contribution in [0.4, 0.5) is 0 Å². The van der Waals surface area contributed by atoms with E-state index in [1.807, 2.05) is 31.2 Å². The summed E-state index contributed by atoms with van der Waals surface area (Å²) >= 11 is 0. The third-order valence-corrected chi connectivity index (χ3v) is 3.62. The van der Waals surface area contributed by atoms with Crippen LogP contribution in [0.2, 0.25) is 0 Å². The summed E-state index contributed by atoms with van der Waals surface area (Å²) in [7, 11) is 1.78. The van der Waals surface area contributed by atoms with Crippen molar-refractivity contribution in [3.8, 4) is 5.75 Å². The molecule has 1 aromatic rings. The average Bonchev–Trinajstić information content (AvgIpc) is 2.39. The van der Waals surface area contributed by atoms with Crippen molar-refractivity contribution in [1.82, 2.24) is 0 Å². The summed E-state index contributed by atoms with van der Waals surface area (Å²) in [5.41, 5.74) is 6.97. The van der Waals surface area contributed by atoms with Gasteiger partial charge in [0, 0.05) is 19.6 Å². The van der Waals surface area contributed by atoms with E-state index in [9.17, 15) is 0 Å². The SMILES string of the molecule is COC1CCCC(Oc2ccc([C@@H](C)N)cc2)C1. The Labute approximate surface area is 109 Å². The Morgan fingerprint density at radius 3 is 2.44 bits per heavy atom. The van der Waals surface area contributed by atoms with Crippen LogP contribution in [0.5, 0.6) is 5.75 Å². The molecular weight excluding hydrogens is 226 g/mol. The molecule has 0 spiro atoms. The second-order valence-electron chi connectivity index (χ2n) is 5.12. The maximum atomic E-state index is 6.00. The molecule has 0 aromatic heterocycles. The second kappa shape index (κ2) is 6.21. The molecule has 100 valence electrons. The van der Waals surface area contributed by atoms with Gasteiger partial charge in [-0.05, 0) is 43.9 Å². The Morgan fingerprint density at radius 2 is 1.83 bits per heavy atom. The van der Waals surface area contributed by atoms with E-state index in [4.69, 9.17) is 15.2 Å². The summed E-state index contributed by atoms with van der Waals surface area (Å²) in [6, 6.07) is 8.17. The number of rotatable bonds is 4. The maximum Gasteiger partial charge on any atom is 0.119 e. The van der Waals surface area contributed by atoms with Crippen molar-refractivity contribution in [1.29, 1.82) is 0 Å². The number of benzene rings is 1. The molecule has 3 nitrogen and oxygen atoms in total. The minimum Gasteiger partial charge on any atom is -0.490 e. The summed E-state index contributed by atoms with van der Waals surface area (Å²) < 4.78 is 11.4. The molecule has 0 saturated heterocycles. The molecule has 1 aromatic carbocycles. The van der Waals surface area contributed by atoms with Crippen LogP contribution < -0.4 is 10.5 Å². The van der Waals surface area contributed by atoms with Gasteiger partial charge in [-0.15, -0.1) is 0 Å². The van der Waals surface area contributed by atoms with Gasteiger partial charge in [-0.1, -0.05) is 12.1 Å². The van der Waals surface area contributed by atoms with Gasteiger partial charge in [0.15, 0.2) is 0 Å². The van der Waals surface area contributed by atoms with Crippen molar-refractivity contribution in [2.45, 2.75) is 50.9 Å². The van der Waals surface area contributed by atoms with E-state index in [0.717, 1.165) is 30.6 Å². The predicted octanol–water partition coefficient (Wildman–Crippen LogP) is 3.04. The molecule has 0 heterocycles. The number of hydrogen-bond donors (Lipinski definition) is 1. The molecule has 1 fully saturated rings. The molecule has 1 aliphatic rings. The Balaban J connectivity index is 1.92. The van der Waals surface area contributed by atoms with Crippen molar-refractivity contribution in [2.24, 2.45) is 5.73 Å². The fraction of sp³-hybridized carbons (Fsp3) is 0.600. The first-order valence-electron chi connectivity index (χ1n) is 6.74. The van der Waals surface area contributed by atoms with Gasteiger partial charge in [0.05, 0.1) is 6.10 Å². The molecule has 2 unspecified atom stereocenters. The van der Waals surface area contributed by atoms with Crippen molar-refractivity contribution in [3.05, 3.63) is 29.8 Å². The minimum absolute atomic E-state index is 0.0756. The van der Waals surface area contributed by atoms with E-state index in [1.165, 1.54) is 6.42 Å². The number of nitrogens with two attached hydrogens (primary N) is 1. The number of ether oxygens (including phenoxy) is 2. The number of methoxy groups -OCH3 is 1. The van der Waals surface area contributed by atoms with E-state index < -0.39 is 0 Å². The van der Waals surface area contributed by atoms with Gasteiger partial charge in [-0.3, -0.25) is 0 Å². The Bertz CT molecular complexity index is 361. The first-order valence-corrected chi connectivity index (χ1v) is 6.74. The van der Waals surface area contributed by atoms with Crippen LogP contribution >= 0.6 is 0 Å². The second-order valence-corrected chi connectivity index (χ2v) is 5.12. The predicted molar refractivity (Wildman–Crippen MR) is 72.7 cm³/mol. The van der Waals surface area contributed by atoms with Crippen molar-refractivity contribution >= 4 is 0 Å². The zero-order valence-corrected chi connectivity index (χ0v) is 11.3. The highest BCUT2D eigenvalue weighted by atomic mass is 16.5. The Kier molecular flexibility index (Phi) is 4.61. The molecule has 2 N–H and O–H groups in total. The normalized spacial score (nSPS) is 25.7. The monoisotopic (exact) mass is 249 g/mol. The lowest BCUT2D eigenvalue weighted by molar-refractivity contribution is 0.0209. The quantitative estimate of drug-likeness (QED) is 0.892. The summed E-state index contributed by atoms with van der Waals surface area (Å²) in [6.07, 6.45) is 5.08. The lowest BCUT2D eigenvalue weighted by Gasteiger charge is -2.28. The molecule has 0 aliphatic heterocycles. The molecule has 3 atom stereocenters. The average molecular weight is 249 g/mol. The smallest absolute Gasteiger partial charge is 0.119 e. The van der Waals surface area contributed by atoms with E-state index in [1.54, 1.807) is 7.11 Å². The highest BCUT2D eigenvalue weighted by Crippen LogP contribution is 2.25. The summed E-state index contributed by atoms with van der Waals surface area (Å²) in [5, 5.41) is 0. The first kappa shape index (κ1) is 13.4. The topological polar surface area (TPSA) is 44.5 Å². The van der Waals surface area contributed by atoms with Crippen LogP contribution in [-0.2, 0) is 4.74 Å². The van der Waals surface area contributed by atoms with E-state index in [0.29, 0.717) is 6.10 Å². The lowest BCUT2D eigenvalue weighted by Crippen LogP contribution is -2.29. The standard InChI is InChI=1S/C15H23NO2/c1-11(16)12-6-8-13(9-7-12)18-15-5-3-4-14(10-15)17-2/h6-9,11,14-15H,3-5,10,16H2,1-2H3/t11-,14?,15?/m1/s1. The third kappa shape index (κ3) is 3.47. The zero-order valence-electron chi connectivity index (χ0n) is 11.3. The molecule has 2 rings (SSSR count). The molecule has 0 amide bonds. The van der Waals surface area contributed by atoms with Crippen LogP contribution in [0.15, 0.2) is 24.3 Å². The van der Waals surface area contributed by atoms with Crippen LogP contribution in [0, 0.1) is 0 Å². The fourth-order valence-corrected chi connectivity index (χ4v) is 2.47. The van der Waals surface area contributed by atoms with Crippen molar-refractivity contribution in [3.63, 3.8) is 0 Å². The fourth-order valence-electron chi connectivity index (χ4n) is 2.47. The molecule has 3 heteroatoms. The van der Waals surface area contributed by atoms with Crippen LogP contribution in [-0.4, -0.2) is 19.3 Å².